The number of halogens is 3. The molecular formula is C22H23F3N2O2. The highest BCUT2D eigenvalue weighted by atomic mass is 19.4. The molecule has 1 aromatic heterocycles. The summed E-state index contributed by atoms with van der Waals surface area (Å²) in [4.78, 5) is 0. The van der Waals surface area contributed by atoms with Gasteiger partial charge in [0, 0.05) is 35.0 Å². The molecule has 2 aliphatic heterocycles. The molecule has 4 fully saturated rings. The molecule has 4 nitrogen and oxygen atoms in total. The Kier molecular flexibility index (Phi) is 3.91. The number of hydrogen-bond donors (Lipinski definition) is 1. The van der Waals surface area contributed by atoms with Crippen molar-refractivity contribution in [3.05, 3.63) is 41.2 Å². The Morgan fingerprint density at radius 2 is 1.97 bits per heavy atom. The first-order valence-corrected chi connectivity index (χ1v) is 10.5. The van der Waals surface area contributed by atoms with Crippen molar-refractivity contribution in [2.45, 2.75) is 69.0 Å². The molecule has 2 bridgehead atoms. The van der Waals surface area contributed by atoms with Crippen LogP contribution in [0.2, 0.25) is 0 Å². The highest BCUT2D eigenvalue weighted by molar-refractivity contribution is 5.68. The highest BCUT2D eigenvalue weighted by Crippen LogP contribution is 2.55. The standard InChI is InChI=1S/C22H23F3N2O2/c23-22(24,25)16-4-2-1-3-13(16)19-15(20(29-27-19)11-5-6-11)10-28-21-14-9-12-7-8-17(26-12)18(14)21/h1-4,11-12,14,17-18,21,26H,5-10H2/t12?,14?,17?,18?,21-/m0/s1. The summed E-state index contributed by atoms with van der Waals surface area (Å²) in [5.74, 6) is 2.10. The summed E-state index contributed by atoms with van der Waals surface area (Å²) in [5.41, 5.74) is 0.371. The number of nitrogens with one attached hydrogen (secondary N) is 1. The van der Waals surface area contributed by atoms with Crippen molar-refractivity contribution >= 4 is 0 Å². The van der Waals surface area contributed by atoms with Crippen molar-refractivity contribution in [1.82, 2.24) is 10.5 Å². The molecule has 1 N–H and O–H groups in total. The molecule has 154 valence electrons. The molecule has 4 aliphatic rings. The number of alkyl halides is 3. The maximum atomic E-state index is 13.6. The Labute approximate surface area is 166 Å². The molecule has 2 saturated heterocycles. The fraction of sp³-hybridized carbons (Fsp3) is 0.591. The van der Waals surface area contributed by atoms with E-state index in [1.54, 1.807) is 6.07 Å². The average molecular weight is 404 g/mol. The lowest BCUT2D eigenvalue weighted by atomic mass is 9.99. The van der Waals surface area contributed by atoms with Crippen LogP contribution in [0.15, 0.2) is 28.8 Å². The second-order valence-corrected chi connectivity index (χ2v) is 8.99. The summed E-state index contributed by atoms with van der Waals surface area (Å²) in [6.45, 7) is 0.270. The van der Waals surface area contributed by atoms with Gasteiger partial charge in [0.25, 0.3) is 0 Å². The van der Waals surface area contributed by atoms with Crippen molar-refractivity contribution in [3.8, 4) is 11.3 Å². The summed E-state index contributed by atoms with van der Waals surface area (Å²) in [5, 5.41) is 7.75. The topological polar surface area (TPSA) is 47.3 Å². The average Bonchev–Trinajstić information content (AvgIpc) is 3.58. The van der Waals surface area contributed by atoms with Crippen molar-refractivity contribution in [1.29, 1.82) is 0 Å². The summed E-state index contributed by atoms with van der Waals surface area (Å²) >= 11 is 0. The van der Waals surface area contributed by atoms with Crippen LogP contribution in [-0.2, 0) is 17.5 Å². The van der Waals surface area contributed by atoms with Gasteiger partial charge in [0.15, 0.2) is 0 Å². The lowest BCUT2D eigenvalue weighted by Crippen LogP contribution is -2.35. The number of nitrogens with zero attached hydrogens (tertiary/aromatic N) is 1. The molecular weight excluding hydrogens is 381 g/mol. The maximum Gasteiger partial charge on any atom is 0.417 e. The molecule has 5 atom stereocenters. The Morgan fingerprint density at radius 3 is 2.76 bits per heavy atom. The lowest BCUT2D eigenvalue weighted by molar-refractivity contribution is -0.137. The van der Waals surface area contributed by atoms with E-state index in [1.165, 1.54) is 25.0 Å². The van der Waals surface area contributed by atoms with Crippen LogP contribution in [0.1, 0.15) is 54.9 Å². The van der Waals surface area contributed by atoms with Crippen LogP contribution in [0.25, 0.3) is 11.3 Å². The first kappa shape index (κ1) is 18.0. The SMILES string of the molecule is FC(F)(F)c1ccccc1-c1noc(C2CC2)c1CO[C@H]1C2CC3CCC(N3)C21. The second-order valence-electron chi connectivity index (χ2n) is 8.99. The Balaban J connectivity index is 1.29. The molecule has 2 aromatic rings. The minimum atomic E-state index is -4.44. The van der Waals surface area contributed by atoms with E-state index in [1.807, 2.05) is 0 Å². The maximum absolute atomic E-state index is 13.6. The van der Waals surface area contributed by atoms with Crippen LogP contribution in [0.5, 0.6) is 0 Å². The van der Waals surface area contributed by atoms with E-state index in [-0.39, 0.29) is 29.9 Å². The van der Waals surface area contributed by atoms with Crippen LogP contribution in [0.4, 0.5) is 13.2 Å². The van der Waals surface area contributed by atoms with Crippen LogP contribution in [-0.4, -0.2) is 23.3 Å². The fourth-order valence-corrected chi connectivity index (χ4v) is 5.54. The number of aromatic nitrogens is 1. The molecule has 29 heavy (non-hydrogen) atoms. The summed E-state index contributed by atoms with van der Waals surface area (Å²) in [6.07, 6.45) is 1.34. The molecule has 7 heteroatoms. The molecule has 3 heterocycles. The quantitative estimate of drug-likeness (QED) is 0.771. The predicted octanol–water partition coefficient (Wildman–Crippen LogP) is 4.89. The van der Waals surface area contributed by atoms with E-state index in [9.17, 15) is 13.2 Å². The van der Waals surface area contributed by atoms with Gasteiger partial charge in [-0.2, -0.15) is 13.2 Å². The van der Waals surface area contributed by atoms with Gasteiger partial charge in [0.05, 0.1) is 18.3 Å². The minimum Gasteiger partial charge on any atom is -0.373 e. The molecule has 0 amide bonds. The Bertz CT molecular complexity index is 936. The molecule has 1 aromatic carbocycles. The van der Waals surface area contributed by atoms with Gasteiger partial charge in [-0.25, -0.2) is 0 Å². The van der Waals surface area contributed by atoms with Crippen LogP contribution in [0.3, 0.4) is 0 Å². The normalized spacial score (nSPS) is 33.0. The minimum absolute atomic E-state index is 0.0724. The third-order valence-electron chi connectivity index (χ3n) is 7.13. The van der Waals surface area contributed by atoms with Gasteiger partial charge >= 0.3 is 6.18 Å². The smallest absolute Gasteiger partial charge is 0.373 e. The number of piperidine rings is 1. The third-order valence-corrected chi connectivity index (χ3v) is 7.13. The predicted molar refractivity (Wildman–Crippen MR) is 99.0 cm³/mol. The van der Waals surface area contributed by atoms with Crippen molar-refractivity contribution < 1.29 is 22.4 Å². The van der Waals surface area contributed by atoms with Gasteiger partial charge in [-0.1, -0.05) is 23.4 Å². The number of fused-ring (bicyclic) bond motifs is 4. The van der Waals surface area contributed by atoms with Gasteiger partial charge < -0.3 is 14.6 Å². The van der Waals surface area contributed by atoms with Gasteiger partial charge in [0.1, 0.15) is 11.5 Å². The van der Waals surface area contributed by atoms with Crippen LogP contribution >= 0.6 is 0 Å². The molecule has 0 radical (unpaired) electrons. The third kappa shape index (κ3) is 3.01. The lowest BCUT2D eigenvalue weighted by Gasteiger charge is -2.18. The van der Waals surface area contributed by atoms with E-state index in [0.717, 1.165) is 25.3 Å². The van der Waals surface area contributed by atoms with Crippen LogP contribution in [0, 0.1) is 11.8 Å². The van der Waals surface area contributed by atoms with Crippen LogP contribution < -0.4 is 5.32 Å². The van der Waals surface area contributed by atoms with Gasteiger partial charge in [-0.05, 0) is 44.1 Å². The van der Waals surface area contributed by atoms with Crippen molar-refractivity contribution in [3.63, 3.8) is 0 Å². The zero-order chi connectivity index (χ0) is 19.8. The van der Waals surface area contributed by atoms with E-state index >= 15 is 0 Å². The largest absolute Gasteiger partial charge is 0.417 e. The van der Waals surface area contributed by atoms with Crippen molar-refractivity contribution in [2.75, 3.05) is 0 Å². The summed E-state index contributed by atoms with van der Waals surface area (Å²) in [7, 11) is 0. The summed E-state index contributed by atoms with van der Waals surface area (Å²) < 4.78 is 52.5. The molecule has 2 aliphatic carbocycles. The van der Waals surface area contributed by atoms with E-state index in [0.29, 0.717) is 35.2 Å². The van der Waals surface area contributed by atoms with E-state index in [2.05, 4.69) is 10.5 Å². The highest BCUT2D eigenvalue weighted by Gasteiger charge is 2.60. The zero-order valence-electron chi connectivity index (χ0n) is 15.9. The molecule has 2 saturated carbocycles. The number of ether oxygens (including phenoxy) is 1. The monoisotopic (exact) mass is 404 g/mol. The van der Waals surface area contributed by atoms with Gasteiger partial charge in [0.2, 0.25) is 0 Å². The number of rotatable bonds is 5. The molecule has 6 rings (SSSR count). The first-order chi connectivity index (χ1) is 14.0. The summed E-state index contributed by atoms with van der Waals surface area (Å²) in [6, 6.07) is 6.74. The number of benzene rings is 1. The van der Waals surface area contributed by atoms with Gasteiger partial charge in [-0.15, -0.1) is 0 Å². The van der Waals surface area contributed by atoms with Gasteiger partial charge in [-0.3, -0.25) is 0 Å². The number of hydrogen-bond acceptors (Lipinski definition) is 4. The van der Waals surface area contributed by atoms with E-state index in [4.69, 9.17) is 9.26 Å². The Hall–Kier alpha value is -1.86. The fourth-order valence-electron chi connectivity index (χ4n) is 5.54. The zero-order valence-corrected chi connectivity index (χ0v) is 15.9. The van der Waals surface area contributed by atoms with E-state index < -0.39 is 11.7 Å². The first-order valence-electron chi connectivity index (χ1n) is 10.5. The Morgan fingerprint density at radius 1 is 1.14 bits per heavy atom. The van der Waals surface area contributed by atoms with Crippen molar-refractivity contribution in [2.24, 2.45) is 11.8 Å². The molecule has 4 unspecified atom stereocenters. The second kappa shape index (κ2) is 6.32. The molecule has 0 spiro atoms.